The number of carbonyl (C=O) groups is 2. The van der Waals surface area contributed by atoms with Gasteiger partial charge in [0.2, 0.25) is 0 Å². The normalized spacial score (nSPS) is 14.5. The first-order chi connectivity index (χ1) is 16.2. The van der Waals surface area contributed by atoms with Crippen LogP contribution in [0.2, 0.25) is 0 Å². The van der Waals surface area contributed by atoms with Crippen LogP contribution in [-0.2, 0) is 0 Å². The summed E-state index contributed by atoms with van der Waals surface area (Å²) in [7, 11) is 1.67. The van der Waals surface area contributed by atoms with Gasteiger partial charge >= 0.3 is 0 Å². The third kappa shape index (κ3) is 5.56. The Morgan fingerprint density at radius 3 is 2.55 bits per heavy atom. The molecule has 170 valence electrons. The molecule has 0 saturated carbocycles. The predicted molar refractivity (Wildman–Crippen MR) is 128 cm³/mol. The average molecular weight is 445 g/mol. The molecule has 1 aromatic heterocycles. The van der Waals surface area contributed by atoms with Crippen LogP contribution in [0.25, 0.3) is 0 Å². The van der Waals surface area contributed by atoms with Crippen molar-refractivity contribution in [1.29, 1.82) is 0 Å². The second-order valence-electron chi connectivity index (χ2n) is 7.99. The summed E-state index contributed by atoms with van der Waals surface area (Å²) in [5.74, 6) is 0.362. The molecule has 7 nitrogen and oxygen atoms in total. The molecule has 1 saturated heterocycles. The molecule has 4 rings (SSSR count). The summed E-state index contributed by atoms with van der Waals surface area (Å²) in [4.78, 5) is 31.7. The minimum Gasteiger partial charge on any atom is -0.496 e. The van der Waals surface area contributed by atoms with Crippen LogP contribution < -0.4 is 15.4 Å². The first kappa shape index (κ1) is 22.5. The van der Waals surface area contributed by atoms with Crippen LogP contribution in [0.1, 0.15) is 45.2 Å². The van der Waals surface area contributed by atoms with Crippen molar-refractivity contribution >= 4 is 17.5 Å². The van der Waals surface area contributed by atoms with Crippen LogP contribution in [0.15, 0.2) is 73.1 Å². The lowest BCUT2D eigenvalue weighted by Crippen LogP contribution is -2.37. The van der Waals surface area contributed by atoms with Crippen molar-refractivity contribution in [2.45, 2.75) is 18.9 Å². The number of nitrogens with zero attached hydrogens (tertiary/aromatic N) is 2. The number of benzene rings is 2. The van der Waals surface area contributed by atoms with E-state index < -0.39 is 0 Å². The monoisotopic (exact) mass is 444 g/mol. The van der Waals surface area contributed by atoms with Gasteiger partial charge in [0.25, 0.3) is 11.8 Å². The van der Waals surface area contributed by atoms with Gasteiger partial charge in [-0.1, -0.05) is 24.3 Å². The van der Waals surface area contributed by atoms with Crippen LogP contribution in [0.4, 0.5) is 5.69 Å². The molecule has 1 aliphatic rings. The van der Waals surface area contributed by atoms with E-state index in [0.717, 1.165) is 37.2 Å². The molecule has 2 N–H and O–H groups in total. The first-order valence-corrected chi connectivity index (χ1v) is 11.1. The molecule has 0 unspecified atom stereocenters. The van der Waals surface area contributed by atoms with Gasteiger partial charge in [0.15, 0.2) is 0 Å². The fraction of sp³-hybridized carbons (Fsp3) is 0.269. The predicted octanol–water partition coefficient (Wildman–Crippen LogP) is 3.91. The van der Waals surface area contributed by atoms with Gasteiger partial charge in [0.05, 0.1) is 18.7 Å². The maximum Gasteiger partial charge on any atom is 0.257 e. The molecule has 1 aliphatic heterocycles. The number of aromatic nitrogens is 1. The molecule has 0 spiro atoms. The second kappa shape index (κ2) is 10.7. The largest absolute Gasteiger partial charge is 0.496 e. The molecule has 0 radical (unpaired) electrons. The lowest BCUT2D eigenvalue weighted by molar-refractivity contribution is 0.0936. The summed E-state index contributed by atoms with van der Waals surface area (Å²) in [5.41, 5.74) is 2.56. The van der Waals surface area contributed by atoms with E-state index in [-0.39, 0.29) is 17.9 Å². The Morgan fingerprint density at radius 2 is 1.79 bits per heavy atom. The number of rotatable bonds is 8. The van der Waals surface area contributed by atoms with Gasteiger partial charge in [0.1, 0.15) is 5.75 Å². The summed E-state index contributed by atoms with van der Waals surface area (Å²) >= 11 is 0. The third-order valence-electron chi connectivity index (χ3n) is 5.84. The molecule has 1 fully saturated rings. The van der Waals surface area contributed by atoms with Gasteiger partial charge in [-0.3, -0.25) is 19.5 Å². The van der Waals surface area contributed by atoms with Crippen LogP contribution in [0, 0.1) is 0 Å². The second-order valence-corrected chi connectivity index (χ2v) is 7.99. The molecule has 2 heterocycles. The SMILES string of the molecule is COc1ccccc1[C@H](CNC(=O)c1cccc(NC(=O)c2cccnc2)c1)N1CCCC1. The number of anilines is 1. The van der Waals surface area contributed by atoms with E-state index in [1.54, 1.807) is 49.7 Å². The first-order valence-electron chi connectivity index (χ1n) is 11.1. The number of carbonyl (C=O) groups excluding carboxylic acids is 2. The summed E-state index contributed by atoms with van der Waals surface area (Å²) in [6.07, 6.45) is 5.42. The average Bonchev–Trinajstić information content (AvgIpc) is 3.40. The summed E-state index contributed by atoms with van der Waals surface area (Å²) in [6.45, 7) is 2.45. The van der Waals surface area contributed by atoms with E-state index >= 15 is 0 Å². The van der Waals surface area contributed by atoms with E-state index in [1.807, 2.05) is 18.2 Å². The van der Waals surface area contributed by atoms with E-state index in [4.69, 9.17) is 4.74 Å². The van der Waals surface area contributed by atoms with Gasteiger partial charge in [-0.25, -0.2) is 0 Å². The molecular formula is C26H28N4O3. The number of amides is 2. The molecule has 7 heteroatoms. The number of para-hydroxylation sites is 1. The number of hydrogen-bond donors (Lipinski definition) is 2. The van der Waals surface area contributed by atoms with Gasteiger partial charge in [-0.05, 0) is 62.3 Å². The van der Waals surface area contributed by atoms with Crippen molar-refractivity contribution in [2.24, 2.45) is 0 Å². The molecule has 3 aromatic rings. The lowest BCUT2D eigenvalue weighted by atomic mass is 10.0. The topological polar surface area (TPSA) is 83.6 Å². The number of hydrogen-bond acceptors (Lipinski definition) is 5. The number of nitrogens with one attached hydrogen (secondary N) is 2. The van der Waals surface area contributed by atoms with Crippen molar-refractivity contribution in [2.75, 3.05) is 32.1 Å². The van der Waals surface area contributed by atoms with Gasteiger partial charge in [-0.15, -0.1) is 0 Å². The Morgan fingerprint density at radius 1 is 1.00 bits per heavy atom. The van der Waals surface area contributed by atoms with Crippen LogP contribution in [0.3, 0.4) is 0 Å². The van der Waals surface area contributed by atoms with Crippen molar-refractivity contribution in [3.63, 3.8) is 0 Å². The highest BCUT2D eigenvalue weighted by atomic mass is 16.5. The van der Waals surface area contributed by atoms with Crippen molar-refractivity contribution < 1.29 is 14.3 Å². The van der Waals surface area contributed by atoms with Crippen LogP contribution in [-0.4, -0.2) is 48.4 Å². The Hall–Kier alpha value is -3.71. The zero-order valence-electron chi connectivity index (χ0n) is 18.7. The molecule has 2 amide bonds. The fourth-order valence-corrected chi connectivity index (χ4v) is 4.16. The molecule has 0 aliphatic carbocycles. The van der Waals surface area contributed by atoms with Crippen LogP contribution >= 0.6 is 0 Å². The van der Waals surface area contributed by atoms with E-state index in [9.17, 15) is 9.59 Å². The highest BCUT2D eigenvalue weighted by molar-refractivity contribution is 6.04. The lowest BCUT2D eigenvalue weighted by Gasteiger charge is -2.29. The summed E-state index contributed by atoms with van der Waals surface area (Å²) < 4.78 is 5.58. The Bertz CT molecular complexity index is 1100. The number of pyridine rings is 1. The van der Waals surface area contributed by atoms with Crippen molar-refractivity contribution in [3.05, 3.63) is 89.7 Å². The maximum absolute atomic E-state index is 13.0. The zero-order valence-corrected chi connectivity index (χ0v) is 18.7. The van der Waals surface area contributed by atoms with Gasteiger partial charge < -0.3 is 15.4 Å². The Balaban J connectivity index is 1.45. The van der Waals surface area contributed by atoms with E-state index in [0.29, 0.717) is 23.4 Å². The highest BCUT2D eigenvalue weighted by Gasteiger charge is 2.26. The fourth-order valence-electron chi connectivity index (χ4n) is 4.16. The van der Waals surface area contributed by atoms with E-state index in [2.05, 4.69) is 26.6 Å². The Kier molecular flexibility index (Phi) is 7.32. The third-order valence-corrected chi connectivity index (χ3v) is 5.84. The molecule has 1 atom stereocenters. The van der Waals surface area contributed by atoms with Gasteiger partial charge in [-0.2, -0.15) is 0 Å². The number of likely N-dealkylation sites (tertiary alicyclic amines) is 1. The smallest absolute Gasteiger partial charge is 0.257 e. The maximum atomic E-state index is 13.0. The minimum atomic E-state index is -0.272. The molecule has 2 aromatic carbocycles. The summed E-state index contributed by atoms with van der Waals surface area (Å²) in [5, 5.41) is 5.90. The quantitative estimate of drug-likeness (QED) is 0.550. The zero-order chi connectivity index (χ0) is 23.0. The summed E-state index contributed by atoms with van der Waals surface area (Å²) in [6, 6.07) is 18.3. The molecule has 33 heavy (non-hydrogen) atoms. The minimum absolute atomic E-state index is 0.0288. The number of ether oxygens (including phenoxy) is 1. The van der Waals surface area contributed by atoms with Gasteiger partial charge in [0, 0.05) is 35.8 Å². The number of methoxy groups -OCH3 is 1. The standard InChI is InChI=1S/C26H28N4O3/c1-33-24-12-3-2-11-22(24)23(30-14-4-5-15-30)18-28-25(31)19-8-6-10-21(16-19)29-26(32)20-9-7-13-27-17-20/h2-3,6-13,16-17,23H,4-5,14-15,18H2,1H3,(H,28,31)(H,29,32)/t23-/m0/s1. The highest BCUT2D eigenvalue weighted by Crippen LogP contribution is 2.31. The molecule has 0 bridgehead atoms. The Labute approximate surface area is 193 Å². The van der Waals surface area contributed by atoms with Crippen molar-refractivity contribution in [3.8, 4) is 5.75 Å². The van der Waals surface area contributed by atoms with Crippen molar-refractivity contribution in [1.82, 2.24) is 15.2 Å². The molecular weight excluding hydrogens is 416 g/mol. The van der Waals surface area contributed by atoms with Crippen LogP contribution in [0.5, 0.6) is 5.75 Å². The van der Waals surface area contributed by atoms with E-state index in [1.165, 1.54) is 6.20 Å².